The van der Waals surface area contributed by atoms with Crippen molar-refractivity contribution in [3.63, 3.8) is 0 Å². The number of carbonyl (C=O) groups is 3. The summed E-state index contributed by atoms with van der Waals surface area (Å²) in [7, 11) is 0. The van der Waals surface area contributed by atoms with E-state index in [-0.39, 0.29) is 0 Å². The number of rotatable bonds is 6. The Balaban J connectivity index is 1.20. The lowest BCUT2D eigenvalue weighted by atomic mass is 9.97. The average Bonchev–Trinajstić information content (AvgIpc) is 2.96. The van der Waals surface area contributed by atoms with Crippen LogP contribution < -0.4 is 0 Å². The molecule has 6 rings (SSSR count). The molecule has 0 fully saturated rings. The Kier molecular flexibility index (Phi) is 6.02. The third-order valence-corrected chi connectivity index (χ3v) is 6.68. The number of Topliss-reactive ketones (excluding diaryl/α,β-unsaturated/α-hetero) is 1. The van der Waals surface area contributed by atoms with Gasteiger partial charge in [-0.3, -0.25) is 4.79 Å². The Hall–Kier alpha value is -5.03. The topological polar surface area (TPSA) is 69.7 Å². The van der Waals surface area contributed by atoms with Gasteiger partial charge in [0.1, 0.15) is 0 Å². The minimum Gasteiger partial charge on any atom is -0.454 e. The van der Waals surface area contributed by atoms with E-state index in [1.165, 1.54) is 0 Å². The first-order chi connectivity index (χ1) is 18.6. The molecule has 0 bridgehead atoms. The highest BCUT2D eigenvalue weighted by atomic mass is 16.6. The lowest BCUT2D eigenvalue weighted by molar-refractivity contribution is -0.125. The standard InChI is InChI=1S/C33H22O5/c34-25(19-37-32(35)30-26-13-5-1-9-21(26)17-22-10-2-6-14-27(22)30)20-38-33(36)31-28-15-7-3-11-23(28)18-24-12-4-8-16-29(24)31/h1-18H,19-20H2. The molecule has 5 heteroatoms. The molecule has 0 aliphatic rings. The molecule has 0 saturated carbocycles. The summed E-state index contributed by atoms with van der Waals surface area (Å²) in [5.41, 5.74) is 0.816. The number of fused-ring (bicyclic) bond motifs is 4. The first-order valence-electron chi connectivity index (χ1n) is 12.3. The molecule has 0 amide bonds. The van der Waals surface area contributed by atoms with Gasteiger partial charge in [-0.2, -0.15) is 0 Å². The molecule has 0 aromatic heterocycles. The molecule has 0 radical (unpaired) electrons. The van der Waals surface area contributed by atoms with Gasteiger partial charge < -0.3 is 9.47 Å². The lowest BCUT2D eigenvalue weighted by Gasteiger charge is -2.12. The molecular formula is C33H22O5. The number of esters is 2. The Morgan fingerprint density at radius 3 is 1.05 bits per heavy atom. The summed E-state index contributed by atoms with van der Waals surface area (Å²) in [4.78, 5) is 38.9. The third-order valence-electron chi connectivity index (χ3n) is 6.68. The highest BCUT2D eigenvalue weighted by molar-refractivity contribution is 6.18. The van der Waals surface area contributed by atoms with Gasteiger partial charge in [0.25, 0.3) is 0 Å². The zero-order chi connectivity index (χ0) is 26.1. The second-order valence-electron chi connectivity index (χ2n) is 9.08. The fraction of sp³-hybridized carbons (Fsp3) is 0.0606. The Morgan fingerprint density at radius 1 is 0.447 bits per heavy atom. The highest BCUT2D eigenvalue weighted by Crippen LogP contribution is 2.30. The van der Waals surface area contributed by atoms with Crippen molar-refractivity contribution in [3.8, 4) is 0 Å². The van der Waals surface area contributed by atoms with E-state index in [2.05, 4.69) is 0 Å². The summed E-state index contributed by atoms with van der Waals surface area (Å²) < 4.78 is 10.8. The molecule has 0 heterocycles. The average molecular weight is 499 g/mol. The predicted octanol–water partition coefficient (Wildman–Crippen LogP) is 6.88. The fourth-order valence-electron chi connectivity index (χ4n) is 4.95. The van der Waals surface area contributed by atoms with E-state index in [0.717, 1.165) is 43.1 Å². The quantitative estimate of drug-likeness (QED) is 0.185. The molecule has 0 atom stereocenters. The van der Waals surface area contributed by atoms with Crippen molar-refractivity contribution in [1.29, 1.82) is 0 Å². The SMILES string of the molecule is O=C(COC(=O)c1c2ccccc2cc2ccccc12)COC(=O)c1c2ccccc2cc2ccccc12. The van der Waals surface area contributed by atoms with Gasteiger partial charge in [0.05, 0.1) is 11.1 Å². The van der Waals surface area contributed by atoms with Gasteiger partial charge in [0.15, 0.2) is 13.2 Å². The normalized spacial score (nSPS) is 11.2. The van der Waals surface area contributed by atoms with Crippen LogP contribution in [0.15, 0.2) is 109 Å². The van der Waals surface area contributed by atoms with Crippen molar-refractivity contribution in [2.24, 2.45) is 0 Å². The van der Waals surface area contributed by atoms with E-state index in [9.17, 15) is 14.4 Å². The molecule has 6 aromatic rings. The number of ether oxygens (including phenoxy) is 2. The maximum absolute atomic E-state index is 13.1. The monoisotopic (exact) mass is 498 g/mol. The molecular weight excluding hydrogens is 476 g/mol. The lowest BCUT2D eigenvalue weighted by Crippen LogP contribution is -2.21. The van der Waals surface area contributed by atoms with Crippen LogP contribution in [-0.4, -0.2) is 30.9 Å². The van der Waals surface area contributed by atoms with E-state index in [0.29, 0.717) is 11.1 Å². The van der Waals surface area contributed by atoms with Crippen molar-refractivity contribution >= 4 is 60.8 Å². The van der Waals surface area contributed by atoms with Crippen LogP contribution in [0.1, 0.15) is 20.7 Å². The Bertz CT molecular complexity index is 1640. The minimum absolute atomic E-state index is 0.408. The first-order valence-corrected chi connectivity index (χ1v) is 12.3. The minimum atomic E-state index is -0.599. The summed E-state index contributed by atoms with van der Waals surface area (Å²) in [6, 6.07) is 34.2. The van der Waals surface area contributed by atoms with E-state index in [4.69, 9.17) is 9.47 Å². The van der Waals surface area contributed by atoms with Crippen molar-refractivity contribution < 1.29 is 23.9 Å². The summed E-state index contributed by atoms with van der Waals surface area (Å²) in [6.45, 7) is -1.00. The maximum Gasteiger partial charge on any atom is 0.339 e. The fourth-order valence-corrected chi connectivity index (χ4v) is 4.95. The maximum atomic E-state index is 13.1. The summed E-state index contributed by atoms with van der Waals surface area (Å²) in [6.07, 6.45) is 0. The Morgan fingerprint density at radius 2 is 0.737 bits per heavy atom. The van der Waals surface area contributed by atoms with Gasteiger partial charge in [0, 0.05) is 0 Å². The van der Waals surface area contributed by atoms with Gasteiger partial charge in [-0.05, 0) is 55.2 Å². The summed E-state index contributed by atoms with van der Waals surface area (Å²) in [5.74, 6) is -1.71. The van der Waals surface area contributed by atoms with Crippen LogP contribution in [0.3, 0.4) is 0 Å². The van der Waals surface area contributed by atoms with Crippen LogP contribution in [0.2, 0.25) is 0 Å². The molecule has 6 aromatic carbocycles. The predicted molar refractivity (Wildman–Crippen MR) is 148 cm³/mol. The molecule has 5 nitrogen and oxygen atoms in total. The molecule has 0 saturated heterocycles. The summed E-state index contributed by atoms with van der Waals surface area (Å²) in [5, 5.41) is 6.61. The van der Waals surface area contributed by atoms with Crippen molar-refractivity contribution in [1.82, 2.24) is 0 Å². The van der Waals surface area contributed by atoms with Gasteiger partial charge in [-0.25, -0.2) is 9.59 Å². The van der Waals surface area contributed by atoms with E-state index < -0.39 is 30.9 Å². The van der Waals surface area contributed by atoms with Gasteiger partial charge in [0.2, 0.25) is 5.78 Å². The molecule has 38 heavy (non-hydrogen) atoms. The second-order valence-corrected chi connectivity index (χ2v) is 9.08. The molecule has 0 aliphatic heterocycles. The molecule has 0 spiro atoms. The van der Waals surface area contributed by atoms with Crippen molar-refractivity contribution in [3.05, 3.63) is 120 Å². The van der Waals surface area contributed by atoms with E-state index in [1.807, 2.05) is 109 Å². The van der Waals surface area contributed by atoms with Gasteiger partial charge in [-0.1, -0.05) is 97.1 Å². The van der Waals surface area contributed by atoms with Crippen LogP contribution in [0.4, 0.5) is 0 Å². The molecule has 0 N–H and O–H groups in total. The van der Waals surface area contributed by atoms with Crippen LogP contribution >= 0.6 is 0 Å². The number of hydrogen-bond donors (Lipinski definition) is 0. The number of carbonyl (C=O) groups excluding carboxylic acids is 3. The smallest absolute Gasteiger partial charge is 0.339 e. The molecule has 0 aliphatic carbocycles. The van der Waals surface area contributed by atoms with Crippen LogP contribution in [0.5, 0.6) is 0 Å². The van der Waals surface area contributed by atoms with E-state index in [1.54, 1.807) is 0 Å². The number of benzene rings is 6. The Labute approximate surface area is 218 Å². The van der Waals surface area contributed by atoms with E-state index >= 15 is 0 Å². The van der Waals surface area contributed by atoms with Gasteiger partial charge in [-0.15, -0.1) is 0 Å². The third kappa shape index (κ3) is 4.24. The summed E-state index contributed by atoms with van der Waals surface area (Å²) >= 11 is 0. The van der Waals surface area contributed by atoms with Crippen molar-refractivity contribution in [2.45, 2.75) is 0 Å². The van der Waals surface area contributed by atoms with Gasteiger partial charge >= 0.3 is 11.9 Å². The van der Waals surface area contributed by atoms with Crippen molar-refractivity contribution in [2.75, 3.05) is 13.2 Å². The van der Waals surface area contributed by atoms with Crippen LogP contribution in [0, 0.1) is 0 Å². The molecule has 184 valence electrons. The number of ketones is 1. The highest BCUT2D eigenvalue weighted by Gasteiger charge is 2.20. The first kappa shape index (κ1) is 23.4. The van der Waals surface area contributed by atoms with Crippen LogP contribution in [0.25, 0.3) is 43.1 Å². The number of hydrogen-bond acceptors (Lipinski definition) is 5. The largest absolute Gasteiger partial charge is 0.454 e. The second kappa shape index (κ2) is 9.79. The molecule has 0 unspecified atom stereocenters. The zero-order valence-electron chi connectivity index (χ0n) is 20.3. The van der Waals surface area contributed by atoms with Crippen LogP contribution in [-0.2, 0) is 14.3 Å². The zero-order valence-corrected chi connectivity index (χ0v) is 20.3.